The van der Waals surface area contributed by atoms with Crippen molar-refractivity contribution in [3.05, 3.63) is 48.0 Å². The Hall–Kier alpha value is -2.00. The summed E-state index contributed by atoms with van der Waals surface area (Å²) in [5, 5.41) is 0. The van der Waals surface area contributed by atoms with Crippen LogP contribution in [-0.2, 0) is 0 Å². The zero-order valence-corrected chi connectivity index (χ0v) is 11.3. The van der Waals surface area contributed by atoms with E-state index in [2.05, 4.69) is 13.0 Å². The molecule has 0 spiro atoms. The van der Waals surface area contributed by atoms with Crippen LogP contribution >= 0.6 is 0 Å². The molecule has 0 atom stereocenters. The van der Waals surface area contributed by atoms with Gasteiger partial charge >= 0.3 is 0 Å². The highest BCUT2D eigenvalue weighted by atomic mass is 16.5. The molecular formula is C16H19NO2. The van der Waals surface area contributed by atoms with E-state index >= 15 is 0 Å². The summed E-state index contributed by atoms with van der Waals surface area (Å²) in [6.07, 6.45) is 0. The molecule has 0 fully saturated rings. The predicted molar refractivity (Wildman–Crippen MR) is 77.7 cm³/mol. The van der Waals surface area contributed by atoms with Crippen molar-refractivity contribution in [2.24, 2.45) is 5.73 Å². The third kappa shape index (κ3) is 3.26. The summed E-state index contributed by atoms with van der Waals surface area (Å²) < 4.78 is 11.0. The topological polar surface area (TPSA) is 44.5 Å². The summed E-state index contributed by atoms with van der Waals surface area (Å²) in [6.45, 7) is 3.10. The van der Waals surface area contributed by atoms with E-state index in [-0.39, 0.29) is 0 Å². The molecule has 0 saturated carbocycles. The molecule has 3 nitrogen and oxygen atoms in total. The average Bonchev–Trinajstić information content (AvgIpc) is 2.45. The number of hydrogen-bond acceptors (Lipinski definition) is 3. The summed E-state index contributed by atoms with van der Waals surface area (Å²) in [4.78, 5) is 0. The lowest BCUT2D eigenvalue weighted by Gasteiger charge is -2.11. The Morgan fingerprint density at radius 1 is 1.11 bits per heavy atom. The number of hydrogen-bond donors (Lipinski definition) is 1. The molecule has 0 aliphatic heterocycles. The minimum atomic E-state index is 0.512. The standard InChI is InChI=1S/C16H19NO2/c1-12-6-7-16(18-2)15(10-12)13-4-3-5-14(11-13)19-9-8-17/h3-7,10-11H,8-9,17H2,1-2H3. The van der Waals surface area contributed by atoms with Crippen LogP contribution in [0.4, 0.5) is 0 Å². The second kappa shape index (κ2) is 6.25. The van der Waals surface area contributed by atoms with Gasteiger partial charge < -0.3 is 15.2 Å². The normalized spacial score (nSPS) is 10.3. The second-order valence-corrected chi connectivity index (χ2v) is 4.37. The highest BCUT2D eigenvalue weighted by Gasteiger charge is 2.07. The third-order valence-electron chi connectivity index (χ3n) is 2.89. The highest BCUT2D eigenvalue weighted by Crippen LogP contribution is 2.32. The fraction of sp³-hybridized carbons (Fsp3) is 0.250. The smallest absolute Gasteiger partial charge is 0.126 e. The van der Waals surface area contributed by atoms with E-state index in [1.165, 1.54) is 5.56 Å². The fourth-order valence-electron chi connectivity index (χ4n) is 1.98. The van der Waals surface area contributed by atoms with Crippen LogP contribution in [0.2, 0.25) is 0 Å². The largest absolute Gasteiger partial charge is 0.496 e. The molecule has 0 saturated heterocycles. The van der Waals surface area contributed by atoms with Crippen LogP contribution in [0.5, 0.6) is 11.5 Å². The Balaban J connectivity index is 2.38. The van der Waals surface area contributed by atoms with Crippen molar-refractivity contribution < 1.29 is 9.47 Å². The van der Waals surface area contributed by atoms with Gasteiger partial charge in [-0.3, -0.25) is 0 Å². The molecule has 2 N–H and O–H groups in total. The second-order valence-electron chi connectivity index (χ2n) is 4.37. The molecule has 0 aliphatic carbocycles. The first-order valence-electron chi connectivity index (χ1n) is 6.32. The molecule has 0 unspecified atom stereocenters. The number of nitrogens with two attached hydrogens (primary N) is 1. The van der Waals surface area contributed by atoms with Crippen LogP contribution in [0.1, 0.15) is 5.56 Å². The molecule has 100 valence electrons. The zero-order valence-electron chi connectivity index (χ0n) is 11.3. The van der Waals surface area contributed by atoms with Crippen LogP contribution in [-0.4, -0.2) is 20.3 Å². The first kappa shape index (κ1) is 13.4. The fourth-order valence-corrected chi connectivity index (χ4v) is 1.98. The first-order chi connectivity index (χ1) is 9.24. The average molecular weight is 257 g/mol. The monoisotopic (exact) mass is 257 g/mol. The van der Waals surface area contributed by atoms with Crippen LogP contribution in [0, 0.1) is 6.92 Å². The van der Waals surface area contributed by atoms with Gasteiger partial charge in [0.15, 0.2) is 0 Å². The van der Waals surface area contributed by atoms with E-state index in [1.807, 2.05) is 36.4 Å². The number of rotatable bonds is 5. The van der Waals surface area contributed by atoms with Gasteiger partial charge in [-0.05, 0) is 36.8 Å². The summed E-state index contributed by atoms with van der Waals surface area (Å²) in [5.74, 6) is 1.69. The maximum Gasteiger partial charge on any atom is 0.126 e. The minimum absolute atomic E-state index is 0.512. The van der Waals surface area contributed by atoms with Crippen molar-refractivity contribution in [2.75, 3.05) is 20.3 Å². The van der Waals surface area contributed by atoms with Crippen molar-refractivity contribution in [2.45, 2.75) is 6.92 Å². The van der Waals surface area contributed by atoms with Crippen molar-refractivity contribution in [1.29, 1.82) is 0 Å². The molecule has 19 heavy (non-hydrogen) atoms. The molecule has 3 heteroatoms. The first-order valence-corrected chi connectivity index (χ1v) is 6.32. The lowest BCUT2D eigenvalue weighted by Crippen LogP contribution is -2.10. The van der Waals surface area contributed by atoms with Crippen LogP contribution in [0.15, 0.2) is 42.5 Å². The van der Waals surface area contributed by atoms with E-state index < -0.39 is 0 Å². The Morgan fingerprint density at radius 3 is 2.68 bits per heavy atom. The van der Waals surface area contributed by atoms with Gasteiger partial charge in [-0.15, -0.1) is 0 Å². The molecule has 0 aliphatic rings. The van der Waals surface area contributed by atoms with Gasteiger partial charge in [-0.2, -0.15) is 0 Å². The number of ether oxygens (including phenoxy) is 2. The van der Waals surface area contributed by atoms with E-state index in [0.29, 0.717) is 13.2 Å². The Bertz CT molecular complexity index is 552. The van der Waals surface area contributed by atoms with Gasteiger partial charge in [-0.1, -0.05) is 23.8 Å². The number of benzene rings is 2. The molecule has 0 aromatic heterocycles. The van der Waals surface area contributed by atoms with Gasteiger partial charge in [0.25, 0.3) is 0 Å². The lowest BCUT2D eigenvalue weighted by molar-refractivity contribution is 0.328. The molecular weight excluding hydrogens is 238 g/mol. The molecule has 2 rings (SSSR count). The van der Waals surface area contributed by atoms with E-state index in [9.17, 15) is 0 Å². The van der Waals surface area contributed by atoms with Crippen molar-refractivity contribution >= 4 is 0 Å². The SMILES string of the molecule is COc1ccc(C)cc1-c1cccc(OCCN)c1. The lowest BCUT2D eigenvalue weighted by atomic mass is 10.0. The van der Waals surface area contributed by atoms with Gasteiger partial charge in [0.1, 0.15) is 18.1 Å². The Kier molecular flexibility index (Phi) is 4.42. The van der Waals surface area contributed by atoms with Crippen molar-refractivity contribution in [3.8, 4) is 22.6 Å². The molecule has 2 aromatic rings. The molecule has 0 heterocycles. The zero-order chi connectivity index (χ0) is 13.7. The van der Waals surface area contributed by atoms with Crippen LogP contribution in [0.3, 0.4) is 0 Å². The Labute approximate surface area is 114 Å². The minimum Gasteiger partial charge on any atom is -0.496 e. The van der Waals surface area contributed by atoms with Crippen LogP contribution in [0.25, 0.3) is 11.1 Å². The number of aryl methyl sites for hydroxylation is 1. The summed E-state index contributed by atoms with van der Waals surface area (Å²) in [5.41, 5.74) is 8.79. The van der Waals surface area contributed by atoms with E-state index in [0.717, 1.165) is 22.6 Å². The molecule has 2 aromatic carbocycles. The van der Waals surface area contributed by atoms with Crippen molar-refractivity contribution in [1.82, 2.24) is 0 Å². The molecule has 0 amide bonds. The molecule has 0 bridgehead atoms. The number of methoxy groups -OCH3 is 1. The quantitative estimate of drug-likeness (QED) is 0.895. The highest BCUT2D eigenvalue weighted by molar-refractivity contribution is 5.72. The molecule has 0 radical (unpaired) electrons. The summed E-state index contributed by atoms with van der Waals surface area (Å²) >= 11 is 0. The van der Waals surface area contributed by atoms with Crippen LogP contribution < -0.4 is 15.2 Å². The van der Waals surface area contributed by atoms with Gasteiger partial charge in [0.2, 0.25) is 0 Å². The van der Waals surface area contributed by atoms with Gasteiger partial charge in [-0.25, -0.2) is 0 Å². The maximum atomic E-state index is 5.56. The summed E-state index contributed by atoms with van der Waals surface area (Å²) in [6, 6.07) is 14.1. The third-order valence-corrected chi connectivity index (χ3v) is 2.89. The van der Waals surface area contributed by atoms with Crippen molar-refractivity contribution in [3.63, 3.8) is 0 Å². The van der Waals surface area contributed by atoms with E-state index in [1.54, 1.807) is 7.11 Å². The van der Waals surface area contributed by atoms with E-state index in [4.69, 9.17) is 15.2 Å². The predicted octanol–water partition coefficient (Wildman–Crippen LogP) is 3.01. The Morgan fingerprint density at radius 2 is 1.95 bits per heavy atom. The van der Waals surface area contributed by atoms with Gasteiger partial charge in [0.05, 0.1) is 7.11 Å². The summed E-state index contributed by atoms with van der Waals surface area (Å²) in [7, 11) is 1.68. The van der Waals surface area contributed by atoms with Gasteiger partial charge in [0, 0.05) is 12.1 Å². The maximum absolute atomic E-state index is 5.56.